The van der Waals surface area contributed by atoms with E-state index in [2.05, 4.69) is 5.32 Å². The summed E-state index contributed by atoms with van der Waals surface area (Å²) in [6.07, 6.45) is 3.19. The first-order valence-corrected chi connectivity index (χ1v) is 14.5. The smallest absolute Gasteiger partial charge is 0.243 e. The molecule has 36 heavy (non-hydrogen) atoms. The van der Waals surface area contributed by atoms with E-state index < -0.39 is 32.5 Å². The van der Waals surface area contributed by atoms with Gasteiger partial charge in [0.15, 0.2) is 0 Å². The average Bonchev–Trinajstić information content (AvgIpc) is 3.37. The second-order valence-electron chi connectivity index (χ2n) is 8.85. The quantitative estimate of drug-likeness (QED) is 0.452. The number of nitrogens with one attached hydrogen (secondary N) is 1. The van der Waals surface area contributed by atoms with Crippen LogP contribution < -0.4 is 5.32 Å². The maximum Gasteiger partial charge on any atom is 0.243 e. The molecule has 1 amide bonds. The molecule has 1 saturated heterocycles. The van der Waals surface area contributed by atoms with Gasteiger partial charge in [0.05, 0.1) is 29.1 Å². The molecule has 0 bridgehead atoms. The lowest BCUT2D eigenvalue weighted by Crippen LogP contribution is -2.39. The molecule has 0 spiro atoms. The van der Waals surface area contributed by atoms with Crippen LogP contribution in [-0.2, 0) is 31.4 Å². The number of carbonyl (C=O) groups excluding carboxylic acids is 1. The van der Waals surface area contributed by atoms with E-state index in [1.54, 1.807) is 42.5 Å². The van der Waals surface area contributed by atoms with E-state index in [9.17, 15) is 21.6 Å². The molecule has 1 aliphatic heterocycles. The van der Waals surface area contributed by atoms with Crippen LogP contribution in [0, 0.1) is 5.92 Å². The second kappa shape index (κ2) is 11.0. The van der Waals surface area contributed by atoms with Gasteiger partial charge in [-0.2, -0.15) is 8.61 Å². The number of piperidine rings is 1. The summed E-state index contributed by atoms with van der Waals surface area (Å²) in [5.74, 6) is 0.115. The van der Waals surface area contributed by atoms with E-state index in [0.717, 1.165) is 17.1 Å². The predicted molar refractivity (Wildman–Crippen MR) is 135 cm³/mol. The standard InChI is InChI=1S/C25H29N3O6S2/c1-20-7-5-15-27(17-20)35(30,31)23-11-13-24(14-12-23)36(32,33)28(18-22-10-6-16-34-22)19-25(29)26-21-8-3-2-4-9-21/h2-4,6,8-14,16,20H,5,7,15,17-19H2,1H3,(H,26,29)/t20-/m0/s1. The molecule has 3 aromatic rings. The molecule has 192 valence electrons. The Balaban J connectivity index is 1.56. The van der Waals surface area contributed by atoms with Crippen LogP contribution in [0.4, 0.5) is 5.69 Å². The van der Waals surface area contributed by atoms with Gasteiger partial charge >= 0.3 is 0 Å². The van der Waals surface area contributed by atoms with Gasteiger partial charge in [-0.1, -0.05) is 25.1 Å². The van der Waals surface area contributed by atoms with Crippen molar-refractivity contribution in [2.75, 3.05) is 25.0 Å². The van der Waals surface area contributed by atoms with Gasteiger partial charge in [0.25, 0.3) is 0 Å². The molecule has 1 aliphatic rings. The molecule has 0 radical (unpaired) electrons. The number of carbonyl (C=O) groups is 1. The normalized spacial score (nSPS) is 17.2. The van der Waals surface area contributed by atoms with E-state index in [0.29, 0.717) is 24.5 Å². The Labute approximate surface area is 211 Å². The maximum atomic E-state index is 13.5. The molecule has 1 aromatic heterocycles. The van der Waals surface area contributed by atoms with E-state index in [4.69, 9.17) is 4.42 Å². The summed E-state index contributed by atoms with van der Waals surface area (Å²) in [6, 6.07) is 17.1. The van der Waals surface area contributed by atoms with Gasteiger partial charge in [-0.05, 0) is 67.3 Å². The molecule has 0 unspecified atom stereocenters. The molecule has 1 N–H and O–H groups in total. The SMILES string of the molecule is C[C@H]1CCCN(S(=O)(=O)c2ccc(S(=O)(=O)N(CC(=O)Nc3ccccc3)Cc3ccco3)cc2)C1. The fraction of sp³-hybridized carbons (Fsp3) is 0.320. The summed E-state index contributed by atoms with van der Waals surface area (Å²) in [7, 11) is -7.88. The van der Waals surface area contributed by atoms with Gasteiger partial charge in [0.2, 0.25) is 26.0 Å². The molecule has 0 aliphatic carbocycles. The first kappa shape index (κ1) is 26.1. The minimum absolute atomic E-state index is 0.0370. The topological polar surface area (TPSA) is 117 Å². The summed E-state index contributed by atoms with van der Waals surface area (Å²) in [5.41, 5.74) is 0.541. The summed E-state index contributed by atoms with van der Waals surface area (Å²) in [5, 5.41) is 2.68. The zero-order chi connectivity index (χ0) is 25.8. The number of para-hydroxylation sites is 1. The number of sulfonamides is 2. The third kappa shape index (κ3) is 6.04. The minimum Gasteiger partial charge on any atom is -0.468 e. The van der Waals surface area contributed by atoms with E-state index >= 15 is 0 Å². The van der Waals surface area contributed by atoms with Crippen LogP contribution >= 0.6 is 0 Å². The summed E-state index contributed by atoms with van der Waals surface area (Å²) in [6.45, 7) is 2.28. The van der Waals surface area contributed by atoms with Crippen molar-refractivity contribution in [2.24, 2.45) is 5.92 Å². The van der Waals surface area contributed by atoms with Crippen LogP contribution in [0.15, 0.2) is 87.2 Å². The number of hydrogen-bond donors (Lipinski definition) is 1. The molecule has 2 aromatic carbocycles. The van der Waals surface area contributed by atoms with E-state index in [1.807, 2.05) is 6.92 Å². The fourth-order valence-electron chi connectivity index (χ4n) is 4.13. The predicted octanol–water partition coefficient (Wildman–Crippen LogP) is 3.53. The van der Waals surface area contributed by atoms with Crippen molar-refractivity contribution >= 4 is 31.6 Å². The van der Waals surface area contributed by atoms with Crippen LogP contribution in [0.3, 0.4) is 0 Å². The number of rotatable bonds is 9. The minimum atomic E-state index is -4.16. The first-order chi connectivity index (χ1) is 17.2. The lowest BCUT2D eigenvalue weighted by atomic mass is 10.0. The summed E-state index contributed by atoms with van der Waals surface area (Å²) >= 11 is 0. The lowest BCUT2D eigenvalue weighted by molar-refractivity contribution is -0.116. The third-order valence-electron chi connectivity index (χ3n) is 6.01. The highest BCUT2D eigenvalue weighted by molar-refractivity contribution is 7.89. The van der Waals surface area contributed by atoms with Gasteiger partial charge in [0, 0.05) is 18.8 Å². The maximum absolute atomic E-state index is 13.5. The molecule has 4 rings (SSSR count). The molecule has 9 nitrogen and oxygen atoms in total. The fourth-order valence-corrected chi connectivity index (χ4v) is 7.09. The Morgan fingerprint density at radius 1 is 1.00 bits per heavy atom. The monoisotopic (exact) mass is 531 g/mol. The van der Waals surface area contributed by atoms with Crippen LogP contribution in [0.1, 0.15) is 25.5 Å². The van der Waals surface area contributed by atoms with Gasteiger partial charge in [0.1, 0.15) is 5.76 Å². The highest BCUT2D eigenvalue weighted by atomic mass is 32.2. The number of anilines is 1. The van der Waals surface area contributed by atoms with Gasteiger partial charge in [-0.25, -0.2) is 16.8 Å². The van der Waals surface area contributed by atoms with Crippen LogP contribution in [0.2, 0.25) is 0 Å². The van der Waals surface area contributed by atoms with Crippen molar-refractivity contribution in [3.8, 4) is 0 Å². The zero-order valence-corrected chi connectivity index (χ0v) is 21.5. The summed E-state index contributed by atoms with van der Waals surface area (Å²) in [4.78, 5) is 12.6. The molecule has 1 fully saturated rings. The molecule has 11 heteroatoms. The lowest BCUT2D eigenvalue weighted by Gasteiger charge is -2.30. The van der Waals surface area contributed by atoms with E-state index in [-0.39, 0.29) is 22.3 Å². The Kier molecular flexibility index (Phi) is 7.94. The molecule has 0 saturated carbocycles. The highest BCUT2D eigenvalue weighted by Crippen LogP contribution is 2.26. The Morgan fingerprint density at radius 3 is 2.33 bits per heavy atom. The Hall–Kier alpha value is -2.99. The van der Waals surface area contributed by atoms with Crippen molar-refractivity contribution in [2.45, 2.75) is 36.1 Å². The Morgan fingerprint density at radius 2 is 1.69 bits per heavy atom. The molecular weight excluding hydrogens is 502 g/mol. The zero-order valence-electron chi connectivity index (χ0n) is 19.9. The van der Waals surface area contributed by atoms with Crippen molar-refractivity contribution in [3.63, 3.8) is 0 Å². The van der Waals surface area contributed by atoms with Gasteiger partial charge in [-0.3, -0.25) is 4.79 Å². The molecule has 2 heterocycles. The van der Waals surface area contributed by atoms with Gasteiger partial charge < -0.3 is 9.73 Å². The van der Waals surface area contributed by atoms with Crippen LogP contribution in [0.25, 0.3) is 0 Å². The van der Waals surface area contributed by atoms with E-state index in [1.165, 1.54) is 34.8 Å². The number of nitrogens with zero attached hydrogens (tertiary/aromatic N) is 2. The second-order valence-corrected chi connectivity index (χ2v) is 12.7. The van der Waals surface area contributed by atoms with Crippen molar-refractivity contribution in [1.82, 2.24) is 8.61 Å². The van der Waals surface area contributed by atoms with Gasteiger partial charge in [-0.15, -0.1) is 0 Å². The van der Waals surface area contributed by atoms with Crippen LogP contribution in [-0.4, -0.2) is 51.0 Å². The molecule has 1 atom stereocenters. The molecular formula is C25H29N3O6S2. The first-order valence-electron chi connectivity index (χ1n) is 11.6. The van der Waals surface area contributed by atoms with Crippen molar-refractivity contribution in [3.05, 3.63) is 78.8 Å². The number of hydrogen-bond acceptors (Lipinski definition) is 6. The highest BCUT2D eigenvalue weighted by Gasteiger charge is 2.31. The van der Waals surface area contributed by atoms with Crippen LogP contribution in [0.5, 0.6) is 0 Å². The summed E-state index contributed by atoms with van der Waals surface area (Å²) < 4.78 is 60.9. The number of furan rings is 1. The average molecular weight is 532 g/mol. The number of benzene rings is 2. The van der Waals surface area contributed by atoms with Crippen molar-refractivity contribution in [1.29, 1.82) is 0 Å². The largest absolute Gasteiger partial charge is 0.468 e. The number of amides is 1. The third-order valence-corrected chi connectivity index (χ3v) is 9.69. The van der Waals surface area contributed by atoms with Crippen molar-refractivity contribution < 1.29 is 26.0 Å². The Bertz CT molecular complexity index is 1370.